The third-order valence-corrected chi connectivity index (χ3v) is 2.91. The Hall–Kier alpha value is -1.24. The lowest BCUT2D eigenvalue weighted by atomic mass is 9.80. The Labute approximate surface area is 128 Å². The fourth-order valence-corrected chi connectivity index (χ4v) is 2.46. The number of rotatable bonds is 1. The van der Waals surface area contributed by atoms with Gasteiger partial charge in [0.25, 0.3) is 0 Å². The van der Waals surface area contributed by atoms with Gasteiger partial charge in [-0.05, 0) is 57.4 Å². The van der Waals surface area contributed by atoms with Gasteiger partial charge in [-0.1, -0.05) is 15.9 Å². The van der Waals surface area contributed by atoms with E-state index in [1.54, 1.807) is 12.1 Å². The van der Waals surface area contributed by atoms with Gasteiger partial charge in [0.05, 0.1) is 0 Å². The monoisotopic (exact) mass is 336 g/mol. The number of hydrogen-bond acceptors (Lipinski definition) is 4. The fraction of sp³-hybridized carbons (Fsp3) is 0.286. The molecular weight excluding hydrogens is 319 g/mol. The Balaban J connectivity index is 0.000000204. The summed E-state index contributed by atoms with van der Waals surface area (Å²) in [5.74, 6) is 0. The van der Waals surface area contributed by atoms with E-state index in [0.717, 1.165) is 27.2 Å². The van der Waals surface area contributed by atoms with Gasteiger partial charge in [0.15, 0.2) is 0 Å². The Morgan fingerprint density at radius 3 is 1.45 bits per heavy atom. The number of pyridine rings is 2. The summed E-state index contributed by atoms with van der Waals surface area (Å²) in [6, 6.07) is 7.29. The number of aromatic nitrogens is 2. The quantitative estimate of drug-likeness (QED) is 0.780. The number of aryl methyl sites for hydroxylation is 4. The zero-order chi connectivity index (χ0) is 15.3. The average molecular weight is 337 g/mol. The molecule has 0 amide bonds. The summed E-state index contributed by atoms with van der Waals surface area (Å²) in [7, 11) is -1.39. The van der Waals surface area contributed by atoms with E-state index in [2.05, 4.69) is 25.9 Å². The summed E-state index contributed by atoms with van der Waals surface area (Å²) in [6.07, 6.45) is 0. The molecule has 6 heteroatoms. The molecule has 0 radical (unpaired) electrons. The van der Waals surface area contributed by atoms with Crippen molar-refractivity contribution in [3.05, 3.63) is 51.5 Å². The van der Waals surface area contributed by atoms with Crippen LogP contribution in [0.1, 0.15) is 22.8 Å². The summed E-state index contributed by atoms with van der Waals surface area (Å²) in [6.45, 7) is 7.60. The van der Waals surface area contributed by atoms with E-state index < -0.39 is 7.12 Å². The van der Waals surface area contributed by atoms with Crippen molar-refractivity contribution in [2.75, 3.05) is 0 Å². The van der Waals surface area contributed by atoms with Crippen LogP contribution >= 0.6 is 15.9 Å². The van der Waals surface area contributed by atoms with Crippen molar-refractivity contribution in [1.82, 2.24) is 9.97 Å². The van der Waals surface area contributed by atoms with Crippen LogP contribution in [0.15, 0.2) is 28.7 Å². The molecule has 2 N–H and O–H groups in total. The summed E-state index contributed by atoms with van der Waals surface area (Å²) < 4.78 is 1.10. The molecule has 0 aliphatic carbocycles. The van der Waals surface area contributed by atoms with Crippen molar-refractivity contribution >= 4 is 28.5 Å². The Bertz CT molecular complexity index is 521. The van der Waals surface area contributed by atoms with E-state index in [1.807, 2.05) is 39.8 Å². The molecule has 0 saturated carbocycles. The van der Waals surface area contributed by atoms with Gasteiger partial charge < -0.3 is 10.0 Å². The lowest BCUT2D eigenvalue weighted by Crippen LogP contribution is -2.30. The first kappa shape index (κ1) is 16.8. The molecule has 106 valence electrons. The molecule has 0 aliphatic heterocycles. The molecule has 0 saturated heterocycles. The van der Waals surface area contributed by atoms with Gasteiger partial charge >= 0.3 is 7.12 Å². The lowest BCUT2D eigenvalue weighted by molar-refractivity contribution is 0.425. The second-order valence-corrected chi connectivity index (χ2v) is 5.54. The number of nitrogens with zero attached hydrogens (tertiary/aromatic N) is 2. The number of halogens is 1. The minimum absolute atomic E-state index is 0.495. The first-order valence-electron chi connectivity index (χ1n) is 6.20. The maximum atomic E-state index is 8.80. The molecule has 0 aromatic carbocycles. The van der Waals surface area contributed by atoms with Crippen LogP contribution in [-0.2, 0) is 0 Å². The van der Waals surface area contributed by atoms with E-state index in [4.69, 9.17) is 10.0 Å². The molecule has 2 heterocycles. The van der Waals surface area contributed by atoms with Crippen LogP contribution < -0.4 is 5.46 Å². The molecule has 4 nitrogen and oxygen atoms in total. The minimum atomic E-state index is -1.39. The van der Waals surface area contributed by atoms with Crippen LogP contribution in [0, 0.1) is 27.7 Å². The van der Waals surface area contributed by atoms with Crippen molar-refractivity contribution in [1.29, 1.82) is 0 Å². The van der Waals surface area contributed by atoms with Gasteiger partial charge in [-0.25, -0.2) is 0 Å². The van der Waals surface area contributed by atoms with Gasteiger partial charge in [-0.3, -0.25) is 9.97 Å². The van der Waals surface area contributed by atoms with Gasteiger partial charge in [-0.2, -0.15) is 0 Å². The van der Waals surface area contributed by atoms with E-state index in [0.29, 0.717) is 5.46 Å². The maximum Gasteiger partial charge on any atom is 0.488 e. The predicted octanol–water partition coefficient (Wildman–Crippen LogP) is 1.84. The Kier molecular flexibility index (Phi) is 6.32. The Morgan fingerprint density at radius 2 is 1.15 bits per heavy atom. The second kappa shape index (κ2) is 7.52. The summed E-state index contributed by atoms with van der Waals surface area (Å²) >= 11 is 3.37. The van der Waals surface area contributed by atoms with Gasteiger partial charge in [0.2, 0.25) is 0 Å². The molecule has 2 aromatic rings. The highest BCUT2D eigenvalue weighted by Crippen LogP contribution is 2.10. The van der Waals surface area contributed by atoms with Gasteiger partial charge in [0.1, 0.15) is 0 Å². The standard InChI is InChI=1S/C7H10BNO2.C7H8BrN/c1-5-3-7(8(10)11)4-6(2)9-5;1-5-3-7(8)4-6(2)9-5/h3-4,10-11H,1-2H3;3-4H,1-2H3. The van der Waals surface area contributed by atoms with Crippen molar-refractivity contribution < 1.29 is 10.0 Å². The summed E-state index contributed by atoms with van der Waals surface area (Å²) in [5, 5.41) is 17.6. The third-order valence-electron chi connectivity index (χ3n) is 2.45. The molecule has 0 spiro atoms. The van der Waals surface area contributed by atoms with E-state index in [-0.39, 0.29) is 0 Å². The highest BCUT2D eigenvalue weighted by atomic mass is 79.9. The number of hydrogen-bond donors (Lipinski definition) is 2. The highest BCUT2D eigenvalue weighted by molar-refractivity contribution is 9.10. The van der Waals surface area contributed by atoms with Crippen molar-refractivity contribution in [2.45, 2.75) is 27.7 Å². The van der Waals surface area contributed by atoms with Crippen LogP contribution in [0.4, 0.5) is 0 Å². The molecular formula is C14H18BBrN2O2. The second-order valence-electron chi connectivity index (χ2n) is 4.63. The van der Waals surface area contributed by atoms with Gasteiger partial charge in [0, 0.05) is 27.2 Å². The normalized spacial score (nSPS) is 9.75. The first-order chi connectivity index (χ1) is 9.27. The largest absolute Gasteiger partial charge is 0.488 e. The topological polar surface area (TPSA) is 66.2 Å². The highest BCUT2D eigenvalue weighted by Gasteiger charge is 2.11. The molecule has 0 fully saturated rings. The summed E-state index contributed by atoms with van der Waals surface area (Å²) in [5.41, 5.74) is 4.21. The smallest absolute Gasteiger partial charge is 0.423 e. The molecule has 0 aliphatic rings. The van der Waals surface area contributed by atoms with E-state index >= 15 is 0 Å². The predicted molar refractivity (Wildman–Crippen MR) is 84.9 cm³/mol. The molecule has 20 heavy (non-hydrogen) atoms. The van der Waals surface area contributed by atoms with E-state index in [9.17, 15) is 0 Å². The van der Waals surface area contributed by atoms with Crippen LogP contribution in [0.2, 0.25) is 0 Å². The summed E-state index contributed by atoms with van der Waals surface area (Å²) in [4.78, 5) is 8.30. The molecule has 2 aromatic heterocycles. The van der Waals surface area contributed by atoms with Crippen molar-refractivity contribution in [3.63, 3.8) is 0 Å². The third kappa shape index (κ3) is 5.82. The molecule has 0 unspecified atom stereocenters. The maximum absolute atomic E-state index is 8.80. The first-order valence-corrected chi connectivity index (χ1v) is 6.99. The minimum Gasteiger partial charge on any atom is -0.423 e. The SMILES string of the molecule is Cc1cc(B(O)O)cc(C)n1.Cc1cc(Br)cc(C)n1. The fourth-order valence-electron chi connectivity index (χ4n) is 1.80. The van der Waals surface area contributed by atoms with Crippen molar-refractivity contribution in [3.8, 4) is 0 Å². The Morgan fingerprint density at radius 1 is 0.800 bits per heavy atom. The average Bonchev–Trinajstić information content (AvgIpc) is 2.26. The lowest BCUT2D eigenvalue weighted by Gasteiger charge is -2.01. The van der Waals surface area contributed by atoms with Crippen LogP contribution in [0.3, 0.4) is 0 Å². The molecule has 0 atom stereocenters. The van der Waals surface area contributed by atoms with Crippen molar-refractivity contribution in [2.24, 2.45) is 0 Å². The van der Waals surface area contributed by atoms with E-state index in [1.165, 1.54) is 0 Å². The molecule has 2 rings (SSSR count). The molecule has 0 bridgehead atoms. The zero-order valence-corrected chi connectivity index (χ0v) is 13.6. The van der Waals surface area contributed by atoms with Crippen LogP contribution in [0.25, 0.3) is 0 Å². The zero-order valence-electron chi connectivity index (χ0n) is 12.1. The van der Waals surface area contributed by atoms with Gasteiger partial charge in [-0.15, -0.1) is 0 Å². The van der Waals surface area contributed by atoms with Crippen LogP contribution in [0.5, 0.6) is 0 Å². The van der Waals surface area contributed by atoms with Crippen LogP contribution in [-0.4, -0.2) is 27.1 Å².